The van der Waals surface area contributed by atoms with Crippen LogP contribution in [0.25, 0.3) is 0 Å². The van der Waals surface area contributed by atoms with E-state index in [1.807, 2.05) is 12.1 Å². The van der Waals surface area contributed by atoms with E-state index in [2.05, 4.69) is 48.6 Å². The van der Waals surface area contributed by atoms with E-state index in [9.17, 15) is 0 Å². The van der Waals surface area contributed by atoms with Gasteiger partial charge in [0.25, 0.3) is 0 Å². The van der Waals surface area contributed by atoms with Crippen molar-refractivity contribution in [2.75, 3.05) is 7.11 Å². The molecule has 0 aliphatic rings. The number of thiazole rings is 1. The Hall–Kier alpha value is -1.39. The predicted molar refractivity (Wildman–Crippen MR) is 84.4 cm³/mol. The molecule has 1 N–H and O–H groups in total. The molecule has 1 aromatic heterocycles. The molecule has 0 atom stereocenters. The van der Waals surface area contributed by atoms with E-state index in [-0.39, 0.29) is 5.41 Å². The minimum atomic E-state index is 0.130. The fourth-order valence-corrected chi connectivity index (χ4v) is 2.78. The molecular weight excluding hydrogens is 268 g/mol. The highest BCUT2D eigenvalue weighted by Crippen LogP contribution is 2.23. The molecule has 3 nitrogen and oxygen atoms in total. The highest BCUT2D eigenvalue weighted by molar-refractivity contribution is 7.09. The zero-order valence-electron chi connectivity index (χ0n) is 12.6. The van der Waals surface area contributed by atoms with Gasteiger partial charge in [0.2, 0.25) is 0 Å². The molecular formula is C16H22N2OS. The van der Waals surface area contributed by atoms with E-state index in [1.54, 1.807) is 18.4 Å². The predicted octanol–water partition coefficient (Wildman–Crippen LogP) is 3.74. The van der Waals surface area contributed by atoms with E-state index in [1.165, 1.54) is 11.3 Å². The van der Waals surface area contributed by atoms with Gasteiger partial charge in [-0.25, -0.2) is 4.98 Å². The van der Waals surface area contributed by atoms with Gasteiger partial charge in [-0.3, -0.25) is 0 Å². The zero-order chi connectivity index (χ0) is 14.6. The third kappa shape index (κ3) is 4.05. The van der Waals surface area contributed by atoms with Crippen LogP contribution in [0.15, 0.2) is 29.6 Å². The molecule has 0 fully saturated rings. The van der Waals surface area contributed by atoms with Crippen LogP contribution in [0.2, 0.25) is 0 Å². The van der Waals surface area contributed by atoms with Gasteiger partial charge in [0, 0.05) is 23.9 Å². The van der Waals surface area contributed by atoms with Gasteiger partial charge in [0.15, 0.2) is 0 Å². The highest BCUT2D eigenvalue weighted by atomic mass is 32.1. The molecule has 0 amide bonds. The van der Waals surface area contributed by atoms with E-state index < -0.39 is 0 Å². The van der Waals surface area contributed by atoms with Crippen molar-refractivity contribution in [2.24, 2.45) is 0 Å². The summed E-state index contributed by atoms with van der Waals surface area (Å²) in [5, 5.41) is 6.73. The summed E-state index contributed by atoms with van der Waals surface area (Å²) in [6.07, 6.45) is 0. The van der Waals surface area contributed by atoms with Crippen LogP contribution in [-0.4, -0.2) is 12.1 Å². The number of hydrogen-bond donors (Lipinski definition) is 1. The van der Waals surface area contributed by atoms with Crippen LogP contribution >= 0.6 is 11.3 Å². The summed E-state index contributed by atoms with van der Waals surface area (Å²) in [6.45, 7) is 8.23. The Balaban J connectivity index is 1.84. The Morgan fingerprint density at radius 2 is 1.85 bits per heavy atom. The Labute approximate surface area is 125 Å². The van der Waals surface area contributed by atoms with Gasteiger partial charge in [-0.05, 0) is 17.7 Å². The monoisotopic (exact) mass is 290 g/mol. The maximum atomic E-state index is 5.15. The van der Waals surface area contributed by atoms with Gasteiger partial charge in [-0.2, -0.15) is 0 Å². The Morgan fingerprint density at radius 1 is 1.15 bits per heavy atom. The van der Waals surface area contributed by atoms with Crippen LogP contribution in [0.1, 0.15) is 37.0 Å². The average molecular weight is 290 g/mol. The first-order chi connectivity index (χ1) is 9.49. The molecule has 0 radical (unpaired) electrons. The summed E-state index contributed by atoms with van der Waals surface area (Å²) < 4.78 is 5.15. The molecule has 0 unspecified atom stereocenters. The van der Waals surface area contributed by atoms with E-state index in [4.69, 9.17) is 4.74 Å². The topological polar surface area (TPSA) is 34.1 Å². The second-order valence-electron chi connectivity index (χ2n) is 5.83. The Bertz CT molecular complexity index is 540. The number of aromatic nitrogens is 1. The van der Waals surface area contributed by atoms with Crippen LogP contribution in [0.4, 0.5) is 0 Å². The first-order valence-electron chi connectivity index (χ1n) is 6.77. The lowest BCUT2D eigenvalue weighted by Gasteiger charge is -2.14. The fourth-order valence-electron chi connectivity index (χ4n) is 1.79. The number of rotatable bonds is 5. The number of ether oxygens (including phenoxy) is 1. The van der Waals surface area contributed by atoms with Gasteiger partial charge in [0.05, 0.1) is 12.8 Å². The van der Waals surface area contributed by atoms with E-state index >= 15 is 0 Å². The molecule has 0 spiro atoms. The highest BCUT2D eigenvalue weighted by Gasteiger charge is 2.17. The number of methoxy groups -OCH3 is 1. The normalized spacial score (nSPS) is 11.6. The first-order valence-corrected chi connectivity index (χ1v) is 7.65. The van der Waals surface area contributed by atoms with Crippen LogP contribution < -0.4 is 10.1 Å². The summed E-state index contributed by atoms with van der Waals surface area (Å²) in [5.41, 5.74) is 2.55. The molecule has 4 heteroatoms. The SMILES string of the molecule is COc1ccc(CNCc2nc(C(C)(C)C)cs2)cc1. The standard InChI is InChI=1S/C16H22N2OS/c1-16(2,3)14-11-20-15(18-14)10-17-9-12-5-7-13(19-4)8-6-12/h5-8,11,17H,9-10H2,1-4H3. The van der Waals surface area contributed by atoms with Crippen molar-refractivity contribution < 1.29 is 4.74 Å². The summed E-state index contributed by atoms with van der Waals surface area (Å²) >= 11 is 1.72. The molecule has 108 valence electrons. The van der Waals surface area contributed by atoms with Crippen LogP contribution in [-0.2, 0) is 18.5 Å². The van der Waals surface area contributed by atoms with Crippen molar-refractivity contribution in [2.45, 2.75) is 39.3 Å². The summed E-state index contributed by atoms with van der Waals surface area (Å²) in [5.74, 6) is 0.892. The van der Waals surface area contributed by atoms with E-state index in [0.29, 0.717) is 0 Å². The molecule has 0 saturated carbocycles. The molecule has 0 aliphatic heterocycles. The zero-order valence-corrected chi connectivity index (χ0v) is 13.4. The third-order valence-corrected chi connectivity index (χ3v) is 3.93. The first kappa shape index (κ1) is 15.0. The van der Waals surface area contributed by atoms with Gasteiger partial charge in [-0.1, -0.05) is 32.9 Å². The molecule has 1 heterocycles. The van der Waals surface area contributed by atoms with Crippen LogP contribution in [0, 0.1) is 0 Å². The Morgan fingerprint density at radius 3 is 2.40 bits per heavy atom. The van der Waals surface area contributed by atoms with Crippen molar-refractivity contribution >= 4 is 11.3 Å². The van der Waals surface area contributed by atoms with Gasteiger partial charge in [0.1, 0.15) is 10.8 Å². The molecule has 0 bridgehead atoms. The average Bonchev–Trinajstić information content (AvgIpc) is 2.88. The Kier molecular flexibility index (Phi) is 4.78. The number of hydrogen-bond acceptors (Lipinski definition) is 4. The molecule has 1 aromatic carbocycles. The van der Waals surface area contributed by atoms with Crippen molar-refractivity contribution in [3.05, 3.63) is 45.9 Å². The fraction of sp³-hybridized carbons (Fsp3) is 0.438. The van der Waals surface area contributed by atoms with Gasteiger partial charge >= 0.3 is 0 Å². The van der Waals surface area contributed by atoms with E-state index in [0.717, 1.165) is 23.8 Å². The molecule has 20 heavy (non-hydrogen) atoms. The molecule has 0 saturated heterocycles. The summed E-state index contributed by atoms with van der Waals surface area (Å²) in [7, 11) is 1.68. The van der Waals surface area contributed by atoms with Crippen molar-refractivity contribution in [1.29, 1.82) is 0 Å². The maximum Gasteiger partial charge on any atom is 0.118 e. The van der Waals surface area contributed by atoms with Crippen LogP contribution in [0.3, 0.4) is 0 Å². The van der Waals surface area contributed by atoms with Crippen molar-refractivity contribution in [3.63, 3.8) is 0 Å². The second-order valence-corrected chi connectivity index (χ2v) is 6.77. The largest absolute Gasteiger partial charge is 0.497 e. The van der Waals surface area contributed by atoms with Gasteiger partial charge in [-0.15, -0.1) is 11.3 Å². The second kappa shape index (κ2) is 6.37. The number of benzene rings is 1. The van der Waals surface area contributed by atoms with Crippen molar-refractivity contribution in [1.82, 2.24) is 10.3 Å². The summed E-state index contributed by atoms with van der Waals surface area (Å²) in [4.78, 5) is 4.68. The van der Waals surface area contributed by atoms with Crippen LogP contribution in [0.5, 0.6) is 5.75 Å². The smallest absolute Gasteiger partial charge is 0.118 e. The van der Waals surface area contributed by atoms with Crippen molar-refractivity contribution in [3.8, 4) is 5.75 Å². The number of nitrogens with one attached hydrogen (secondary N) is 1. The maximum absolute atomic E-state index is 5.15. The molecule has 0 aliphatic carbocycles. The lowest BCUT2D eigenvalue weighted by molar-refractivity contribution is 0.414. The summed E-state index contributed by atoms with van der Waals surface area (Å²) in [6, 6.07) is 8.12. The van der Waals surface area contributed by atoms with Gasteiger partial charge < -0.3 is 10.1 Å². The molecule has 2 aromatic rings. The third-order valence-electron chi connectivity index (χ3n) is 3.08. The molecule has 2 rings (SSSR count). The lowest BCUT2D eigenvalue weighted by atomic mass is 9.93. The minimum Gasteiger partial charge on any atom is -0.497 e. The minimum absolute atomic E-state index is 0.130. The quantitative estimate of drug-likeness (QED) is 0.911. The number of nitrogens with zero attached hydrogens (tertiary/aromatic N) is 1. The lowest BCUT2D eigenvalue weighted by Crippen LogP contribution is -2.14.